The van der Waals surface area contributed by atoms with Gasteiger partial charge in [-0.05, 0) is 36.0 Å². The van der Waals surface area contributed by atoms with Gasteiger partial charge in [0.1, 0.15) is 0 Å². The molecule has 0 radical (unpaired) electrons. The molecule has 1 aromatic heterocycles. The molecule has 2 nitrogen and oxygen atoms in total. The Morgan fingerprint density at radius 2 is 2.08 bits per heavy atom. The van der Waals surface area contributed by atoms with Crippen LogP contribution in [0.5, 0.6) is 0 Å². The van der Waals surface area contributed by atoms with Gasteiger partial charge >= 0.3 is 0 Å². The maximum atomic E-state index is 6.31. The molecule has 0 spiro atoms. The van der Waals surface area contributed by atoms with Crippen molar-refractivity contribution >= 4 is 0 Å². The number of pyridine rings is 1. The zero-order valence-corrected chi connectivity index (χ0v) is 8.46. The van der Waals surface area contributed by atoms with Crippen LogP contribution in [0.2, 0.25) is 0 Å². The highest BCUT2D eigenvalue weighted by atomic mass is 14.9. The minimum atomic E-state index is -0.134. The molecule has 0 aromatic carbocycles. The molecular weight excluding hydrogens is 160 g/mol. The van der Waals surface area contributed by atoms with E-state index in [9.17, 15) is 0 Å². The normalized spacial score (nSPS) is 30.2. The molecule has 0 amide bonds. The van der Waals surface area contributed by atoms with Crippen molar-refractivity contribution in [2.75, 3.05) is 0 Å². The number of hydrogen-bond donors (Lipinski definition) is 1. The third kappa shape index (κ3) is 1.09. The highest BCUT2D eigenvalue weighted by Gasteiger charge is 2.59. The van der Waals surface area contributed by atoms with Gasteiger partial charge in [0.15, 0.2) is 0 Å². The topological polar surface area (TPSA) is 38.9 Å². The van der Waals surface area contributed by atoms with Gasteiger partial charge in [0.2, 0.25) is 0 Å². The van der Waals surface area contributed by atoms with Crippen LogP contribution in [0.3, 0.4) is 0 Å². The first-order valence-corrected chi connectivity index (χ1v) is 4.67. The van der Waals surface area contributed by atoms with Crippen molar-refractivity contribution in [2.45, 2.75) is 32.7 Å². The summed E-state index contributed by atoms with van der Waals surface area (Å²) < 4.78 is 0. The summed E-state index contributed by atoms with van der Waals surface area (Å²) >= 11 is 0. The summed E-state index contributed by atoms with van der Waals surface area (Å²) in [6.45, 7) is 6.51. The number of aryl methyl sites for hydroxylation is 1. The second-order valence-electron chi connectivity index (χ2n) is 4.72. The van der Waals surface area contributed by atoms with Crippen LogP contribution in [0.4, 0.5) is 0 Å². The smallest absolute Gasteiger partial charge is 0.0486 e. The first-order valence-electron chi connectivity index (χ1n) is 4.67. The Labute approximate surface area is 79.2 Å². The lowest BCUT2D eigenvalue weighted by molar-refractivity contribution is 0.507. The highest BCUT2D eigenvalue weighted by Crippen LogP contribution is 2.60. The third-order valence-electron chi connectivity index (χ3n) is 3.32. The fourth-order valence-corrected chi connectivity index (χ4v) is 2.04. The lowest BCUT2D eigenvalue weighted by Crippen LogP contribution is -2.26. The molecule has 1 aromatic rings. The van der Waals surface area contributed by atoms with Gasteiger partial charge < -0.3 is 5.73 Å². The van der Waals surface area contributed by atoms with E-state index in [1.807, 2.05) is 18.5 Å². The number of nitrogens with two attached hydrogens (primary N) is 1. The molecule has 2 heteroatoms. The van der Waals surface area contributed by atoms with Crippen molar-refractivity contribution < 1.29 is 0 Å². The van der Waals surface area contributed by atoms with E-state index in [1.165, 1.54) is 11.1 Å². The molecule has 0 saturated heterocycles. The van der Waals surface area contributed by atoms with Gasteiger partial charge in [-0.1, -0.05) is 13.8 Å². The van der Waals surface area contributed by atoms with Crippen molar-refractivity contribution in [1.29, 1.82) is 0 Å². The Bertz CT molecular complexity index is 344. The van der Waals surface area contributed by atoms with Crippen molar-refractivity contribution in [2.24, 2.45) is 11.1 Å². The molecular formula is C11H16N2. The van der Waals surface area contributed by atoms with Gasteiger partial charge in [-0.3, -0.25) is 4.98 Å². The quantitative estimate of drug-likeness (QED) is 0.710. The summed E-state index contributed by atoms with van der Waals surface area (Å²) in [5, 5.41) is 0. The van der Waals surface area contributed by atoms with E-state index in [0.717, 1.165) is 6.42 Å². The lowest BCUT2D eigenvalue weighted by Gasteiger charge is -2.17. The summed E-state index contributed by atoms with van der Waals surface area (Å²) in [6.07, 6.45) is 4.79. The van der Waals surface area contributed by atoms with Crippen LogP contribution < -0.4 is 5.73 Å². The zero-order valence-electron chi connectivity index (χ0n) is 8.46. The SMILES string of the molecule is Cc1ccncc1C1(N)CC1(C)C. The van der Waals surface area contributed by atoms with Gasteiger partial charge in [-0.25, -0.2) is 0 Å². The predicted molar refractivity (Wildman–Crippen MR) is 53.2 cm³/mol. The Morgan fingerprint density at radius 3 is 2.54 bits per heavy atom. The number of rotatable bonds is 1. The van der Waals surface area contributed by atoms with Crippen LogP contribution in [0.25, 0.3) is 0 Å². The third-order valence-corrected chi connectivity index (χ3v) is 3.32. The molecule has 2 rings (SSSR count). The first-order chi connectivity index (χ1) is 5.97. The van der Waals surface area contributed by atoms with E-state index in [0.29, 0.717) is 0 Å². The summed E-state index contributed by atoms with van der Waals surface area (Å²) in [5.74, 6) is 0. The standard InChI is InChI=1S/C11H16N2/c1-8-4-5-13-6-9(8)11(12)7-10(11,2)3/h4-6H,7,12H2,1-3H3. The molecule has 0 bridgehead atoms. The monoisotopic (exact) mass is 176 g/mol. The van der Waals surface area contributed by atoms with Crippen molar-refractivity contribution in [1.82, 2.24) is 4.98 Å². The van der Waals surface area contributed by atoms with Crippen LogP contribution in [0.1, 0.15) is 31.4 Å². The fraction of sp³-hybridized carbons (Fsp3) is 0.545. The molecule has 1 aliphatic carbocycles. The average Bonchev–Trinajstić information content (AvgIpc) is 2.53. The fourth-order valence-electron chi connectivity index (χ4n) is 2.04. The predicted octanol–water partition coefficient (Wildman–Crippen LogP) is 1.97. The molecule has 1 fully saturated rings. The van der Waals surface area contributed by atoms with E-state index in [2.05, 4.69) is 25.8 Å². The second-order valence-corrected chi connectivity index (χ2v) is 4.72. The highest BCUT2D eigenvalue weighted by molar-refractivity contribution is 5.38. The van der Waals surface area contributed by atoms with E-state index < -0.39 is 0 Å². The molecule has 70 valence electrons. The van der Waals surface area contributed by atoms with Gasteiger partial charge in [0, 0.05) is 17.9 Å². The van der Waals surface area contributed by atoms with Gasteiger partial charge in [0.25, 0.3) is 0 Å². The number of hydrogen-bond acceptors (Lipinski definition) is 2. The first kappa shape index (κ1) is 8.70. The second kappa shape index (κ2) is 2.32. The molecule has 0 aliphatic heterocycles. The zero-order chi connectivity index (χ0) is 9.69. The molecule has 1 saturated carbocycles. The average molecular weight is 176 g/mol. The Kier molecular flexibility index (Phi) is 1.55. The van der Waals surface area contributed by atoms with E-state index in [-0.39, 0.29) is 11.0 Å². The molecule has 1 heterocycles. The van der Waals surface area contributed by atoms with Crippen molar-refractivity contribution in [3.8, 4) is 0 Å². The molecule has 2 N–H and O–H groups in total. The van der Waals surface area contributed by atoms with Crippen LogP contribution in [0.15, 0.2) is 18.5 Å². The minimum absolute atomic E-state index is 0.134. The van der Waals surface area contributed by atoms with Gasteiger partial charge in [0.05, 0.1) is 0 Å². The largest absolute Gasteiger partial charge is 0.321 e. The lowest BCUT2D eigenvalue weighted by atomic mass is 9.95. The molecule has 1 atom stereocenters. The summed E-state index contributed by atoms with van der Waals surface area (Å²) in [7, 11) is 0. The maximum Gasteiger partial charge on any atom is 0.0486 e. The summed E-state index contributed by atoms with van der Waals surface area (Å²) in [6, 6.07) is 2.03. The van der Waals surface area contributed by atoms with Crippen LogP contribution >= 0.6 is 0 Å². The Morgan fingerprint density at radius 1 is 1.46 bits per heavy atom. The summed E-state index contributed by atoms with van der Waals surface area (Å²) in [4.78, 5) is 4.14. The maximum absolute atomic E-state index is 6.31. The molecule has 1 unspecified atom stereocenters. The van der Waals surface area contributed by atoms with E-state index in [4.69, 9.17) is 5.73 Å². The molecule has 1 aliphatic rings. The Balaban J connectivity index is 2.44. The van der Waals surface area contributed by atoms with Crippen LogP contribution in [-0.2, 0) is 5.54 Å². The number of aromatic nitrogens is 1. The van der Waals surface area contributed by atoms with E-state index in [1.54, 1.807) is 0 Å². The minimum Gasteiger partial charge on any atom is -0.321 e. The van der Waals surface area contributed by atoms with Gasteiger partial charge in [-0.15, -0.1) is 0 Å². The van der Waals surface area contributed by atoms with E-state index >= 15 is 0 Å². The van der Waals surface area contributed by atoms with Gasteiger partial charge in [-0.2, -0.15) is 0 Å². The van der Waals surface area contributed by atoms with Crippen LogP contribution in [0, 0.1) is 12.3 Å². The van der Waals surface area contributed by atoms with Crippen molar-refractivity contribution in [3.63, 3.8) is 0 Å². The van der Waals surface area contributed by atoms with Crippen LogP contribution in [-0.4, -0.2) is 4.98 Å². The van der Waals surface area contributed by atoms with Crippen molar-refractivity contribution in [3.05, 3.63) is 29.6 Å². The number of nitrogens with zero attached hydrogens (tertiary/aromatic N) is 1. The molecule has 13 heavy (non-hydrogen) atoms. The summed E-state index contributed by atoms with van der Waals surface area (Å²) in [5.41, 5.74) is 8.87. The Hall–Kier alpha value is -0.890.